The van der Waals surface area contributed by atoms with Crippen molar-refractivity contribution >= 4 is 34.3 Å². The van der Waals surface area contributed by atoms with Gasteiger partial charge in [-0.2, -0.15) is 0 Å². The smallest absolute Gasteiger partial charge is 0.325 e. The summed E-state index contributed by atoms with van der Waals surface area (Å²) in [5.41, 5.74) is 0.590. The molecule has 2 aliphatic rings. The van der Waals surface area contributed by atoms with Crippen molar-refractivity contribution in [1.29, 1.82) is 0 Å². The number of carbonyl (C=O) groups excluding carboxylic acids is 3. The number of imide groups is 1. The first-order valence-electron chi connectivity index (χ1n) is 12.2. The van der Waals surface area contributed by atoms with E-state index in [9.17, 15) is 14.4 Å². The summed E-state index contributed by atoms with van der Waals surface area (Å²) in [6, 6.07) is 20.9. The van der Waals surface area contributed by atoms with E-state index in [1.165, 1.54) is 0 Å². The molecule has 4 amide bonds. The Kier molecular flexibility index (Phi) is 6.26. The number of carbonyl (C=O) groups is 3. The maximum Gasteiger partial charge on any atom is 0.325 e. The lowest BCUT2D eigenvalue weighted by molar-refractivity contribution is -0.135. The van der Waals surface area contributed by atoms with E-state index in [4.69, 9.17) is 4.74 Å². The summed E-state index contributed by atoms with van der Waals surface area (Å²) < 4.78 is 5.22. The van der Waals surface area contributed by atoms with Crippen LogP contribution in [0, 0.1) is 0 Å². The van der Waals surface area contributed by atoms with Crippen molar-refractivity contribution in [3.63, 3.8) is 0 Å². The highest BCUT2D eigenvalue weighted by atomic mass is 16.5. The maximum absolute atomic E-state index is 13.3. The number of hydrogen-bond donors (Lipinski definition) is 2. The summed E-state index contributed by atoms with van der Waals surface area (Å²) in [5.74, 6) is 0.0644. The second kappa shape index (κ2) is 9.53. The SMILES string of the molecule is COc1ccc(N2CCC(NC(=O)CN3C(=O)NC(C)(c4ccc5ccccc5c4)C3=O)CC2)cc1. The third kappa shape index (κ3) is 4.46. The highest BCUT2D eigenvalue weighted by molar-refractivity contribution is 6.09. The van der Waals surface area contributed by atoms with Gasteiger partial charge in [0.05, 0.1) is 7.11 Å². The number of ether oxygens (including phenoxy) is 1. The van der Waals surface area contributed by atoms with Gasteiger partial charge in [0, 0.05) is 24.8 Å². The molecule has 36 heavy (non-hydrogen) atoms. The fraction of sp³-hybridized carbons (Fsp3) is 0.321. The van der Waals surface area contributed by atoms with Gasteiger partial charge in [-0.3, -0.25) is 14.5 Å². The van der Waals surface area contributed by atoms with E-state index in [0.717, 1.165) is 53.0 Å². The lowest BCUT2D eigenvalue weighted by Crippen LogP contribution is -2.49. The zero-order chi connectivity index (χ0) is 25.3. The number of benzene rings is 3. The molecule has 8 heteroatoms. The molecular weight excluding hydrogens is 456 g/mol. The molecule has 2 saturated heterocycles. The summed E-state index contributed by atoms with van der Waals surface area (Å²) in [7, 11) is 1.65. The van der Waals surface area contributed by atoms with E-state index in [1.807, 2.05) is 66.7 Å². The average molecular weight is 487 g/mol. The van der Waals surface area contributed by atoms with Gasteiger partial charge in [-0.1, -0.05) is 36.4 Å². The van der Waals surface area contributed by atoms with Crippen molar-refractivity contribution in [2.24, 2.45) is 0 Å². The summed E-state index contributed by atoms with van der Waals surface area (Å²) >= 11 is 0. The van der Waals surface area contributed by atoms with Gasteiger partial charge in [0.1, 0.15) is 17.8 Å². The van der Waals surface area contributed by atoms with Crippen molar-refractivity contribution in [3.8, 4) is 5.75 Å². The summed E-state index contributed by atoms with van der Waals surface area (Å²) in [6.45, 7) is 3.00. The Hall–Kier alpha value is -4.07. The molecule has 0 spiro atoms. The normalized spacial score (nSPS) is 20.5. The Morgan fingerprint density at radius 1 is 1.03 bits per heavy atom. The van der Waals surface area contributed by atoms with Gasteiger partial charge in [0.25, 0.3) is 5.91 Å². The summed E-state index contributed by atoms with van der Waals surface area (Å²) in [4.78, 5) is 42.1. The van der Waals surface area contributed by atoms with Crippen molar-refractivity contribution in [1.82, 2.24) is 15.5 Å². The van der Waals surface area contributed by atoms with E-state index >= 15 is 0 Å². The number of fused-ring (bicyclic) bond motifs is 1. The van der Waals surface area contributed by atoms with Crippen LogP contribution < -0.4 is 20.3 Å². The molecule has 8 nitrogen and oxygen atoms in total. The van der Waals surface area contributed by atoms with Crippen LogP contribution in [-0.4, -0.2) is 55.5 Å². The fourth-order valence-electron chi connectivity index (χ4n) is 5.03. The summed E-state index contributed by atoms with van der Waals surface area (Å²) in [5, 5.41) is 7.84. The Morgan fingerprint density at radius 2 is 1.72 bits per heavy atom. The number of anilines is 1. The van der Waals surface area contributed by atoms with Gasteiger partial charge < -0.3 is 20.3 Å². The van der Waals surface area contributed by atoms with Crippen molar-refractivity contribution < 1.29 is 19.1 Å². The number of urea groups is 1. The molecule has 0 aromatic heterocycles. The van der Waals surface area contributed by atoms with Crippen molar-refractivity contribution in [2.75, 3.05) is 31.6 Å². The van der Waals surface area contributed by atoms with Gasteiger partial charge >= 0.3 is 6.03 Å². The van der Waals surface area contributed by atoms with Gasteiger partial charge in [-0.15, -0.1) is 0 Å². The van der Waals surface area contributed by atoms with Crippen LogP contribution in [0.1, 0.15) is 25.3 Å². The second-order valence-electron chi connectivity index (χ2n) is 9.54. The van der Waals surface area contributed by atoms with Crippen LogP contribution in [0.15, 0.2) is 66.7 Å². The van der Waals surface area contributed by atoms with Crippen molar-refractivity contribution in [2.45, 2.75) is 31.3 Å². The van der Waals surface area contributed by atoms with Gasteiger partial charge in [-0.05, 0) is 66.4 Å². The highest BCUT2D eigenvalue weighted by Gasteiger charge is 2.49. The fourth-order valence-corrected chi connectivity index (χ4v) is 5.03. The van der Waals surface area contributed by atoms with E-state index in [0.29, 0.717) is 5.56 Å². The first-order valence-corrected chi connectivity index (χ1v) is 12.2. The van der Waals surface area contributed by atoms with Crippen molar-refractivity contribution in [3.05, 3.63) is 72.3 Å². The largest absolute Gasteiger partial charge is 0.497 e. The molecule has 1 unspecified atom stereocenters. The molecule has 5 rings (SSSR count). The van der Waals surface area contributed by atoms with Crippen LogP contribution in [-0.2, 0) is 15.1 Å². The number of piperidine rings is 1. The molecule has 1 atom stereocenters. The van der Waals surface area contributed by atoms with Gasteiger partial charge in [-0.25, -0.2) is 4.79 Å². The van der Waals surface area contributed by atoms with E-state index in [1.54, 1.807) is 14.0 Å². The minimum absolute atomic E-state index is 0.000337. The Morgan fingerprint density at radius 3 is 2.42 bits per heavy atom. The molecule has 3 aromatic rings. The molecule has 0 radical (unpaired) electrons. The molecule has 3 aromatic carbocycles. The molecule has 2 fully saturated rings. The van der Waals surface area contributed by atoms with Crippen LogP contribution in [0.2, 0.25) is 0 Å². The molecule has 0 bridgehead atoms. The molecule has 2 heterocycles. The Labute approximate surface area is 210 Å². The quantitative estimate of drug-likeness (QED) is 0.521. The van der Waals surface area contributed by atoms with Crippen LogP contribution >= 0.6 is 0 Å². The second-order valence-corrected chi connectivity index (χ2v) is 9.54. The van der Waals surface area contributed by atoms with Crippen LogP contribution in [0.5, 0.6) is 5.75 Å². The molecule has 0 aliphatic carbocycles. The number of hydrogen-bond acceptors (Lipinski definition) is 5. The average Bonchev–Trinajstić information content (AvgIpc) is 3.12. The van der Waals surface area contributed by atoms with Gasteiger partial charge in [0.15, 0.2) is 0 Å². The monoisotopic (exact) mass is 486 g/mol. The minimum atomic E-state index is -1.22. The number of nitrogens with one attached hydrogen (secondary N) is 2. The highest BCUT2D eigenvalue weighted by Crippen LogP contribution is 2.31. The topological polar surface area (TPSA) is 91.0 Å². The minimum Gasteiger partial charge on any atom is -0.497 e. The maximum atomic E-state index is 13.3. The number of nitrogens with zero attached hydrogens (tertiary/aromatic N) is 2. The standard InChI is InChI=1S/C28H30N4O4/c1-28(21-8-7-19-5-3-4-6-20(19)17-21)26(34)32(27(35)30-28)18-25(33)29-22-13-15-31(16-14-22)23-9-11-24(36-2)12-10-23/h3-12,17,22H,13-16,18H2,1-2H3,(H,29,33)(H,30,35). The van der Waals surface area contributed by atoms with E-state index < -0.39 is 17.5 Å². The molecule has 2 N–H and O–H groups in total. The number of rotatable bonds is 6. The third-order valence-corrected chi connectivity index (χ3v) is 7.20. The van der Waals surface area contributed by atoms with Crippen LogP contribution in [0.3, 0.4) is 0 Å². The Balaban J connectivity index is 1.18. The first-order chi connectivity index (χ1) is 17.4. The molecule has 186 valence electrons. The Bertz CT molecular complexity index is 1300. The lowest BCUT2D eigenvalue weighted by Gasteiger charge is -2.34. The lowest BCUT2D eigenvalue weighted by atomic mass is 9.90. The van der Waals surface area contributed by atoms with Crippen LogP contribution in [0.25, 0.3) is 10.8 Å². The molecule has 0 saturated carbocycles. The molecular formula is C28H30N4O4. The molecule has 2 aliphatic heterocycles. The first kappa shape index (κ1) is 23.7. The predicted molar refractivity (Wildman–Crippen MR) is 138 cm³/mol. The van der Waals surface area contributed by atoms with E-state index in [-0.39, 0.29) is 18.5 Å². The number of methoxy groups -OCH3 is 1. The third-order valence-electron chi connectivity index (χ3n) is 7.20. The zero-order valence-electron chi connectivity index (χ0n) is 20.5. The van der Waals surface area contributed by atoms with Gasteiger partial charge in [0.2, 0.25) is 5.91 Å². The van der Waals surface area contributed by atoms with Crippen LogP contribution in [0.4, 0.5) is 10.5 Å². The number of amides is 4. The summed E-state index contributed by atoms with van der Waals surface area (Å²) in [6.07, 6.45) is 1.57. The predicted octanol–water partition coefficient (Wildman–Crippen LogP) is 3.40. The zero-order valence-corrected chi connectivity index (χ0v) is 20.5. The van der Waals surface area contributed by atoms with E-state index in [2.05, 4.69) is 15.5 Å².